The summed E-state index contributed by atoms with van der Waals surface area (Å²) in [6.07, 6.45) is 0.305. The van der Waals surface area contributed by atoms with Crippen molar-refractivity contribution >= 4 is 33.5 Å². The highest BCUT2D eigenvalue weighted by molar-refractivity contribution is 9.10. The van der Waals surface area contributed by atoms with Crippen molar-refractivity contribution in [3.05, 3.63) is 28.7 Å². The van der Waals surface area contributed by atoms with Crippen LogP contribution in [-0.4, -0.2) is 18.0 Å². The number of hydrogen-bond acceptors (Lipinski definition) is 3. The molecule has 0 aliphatic carbocycles. The number of ether oxygens (including phenoxy) is 1. The Kier molecular flexibility index (Phi) is 6.71. The maximum atomic E-state index is 11.9. The van der Waals surface area contributed by atoms with Gasteiger partial charge in [0.1, 0.15) is 0 Å². The minimum Gasteiger partial charge on any atom is -0.453 e. The second kappa shape index (κ2) is 8.04. The van der Waals surface area contributed by atoms with Gasteiger partial charge in [0.25, 0.3) is 5.91 Å². The highest BCUT2D eigenvalue weighted by Gasteiger charge is 2.18. The largest absolute Gasteiger partial charge is 0.453 e. The molecule has 110 valence electrons. The Morgan fingerprint density at radius 1 is 1.30 bits per heavy atom. The van der Waals surface area contributed by atoms with Crippen LogP contribution in [-0.2, 0) is 14.3 Å². The van der Waals surface area contributed by atoms with E-state index in [1.165, 1.54) is 0 Å². The van der Waals surface area contributed by atoms with Gasteiger partial charge in [0.2, 0.25) is 0 Å². The molecule has 0 radical (unpaired) electrons. The molecule has 0 bridgehead atoms. The maximum Gasteiger partial charge on any atom is 0.306 e. The first kappa shape index (κ1) is 16.7. The summed E-state index contributed by atoms with van der Waals surface area (Å²) in [4.78, 5) is 23.5. The third-order valence-corrected chi connectivity index (χ3v) is 3.19. The van der Waals surface area contributed by atoms with Crippen molar-refractivity contribution in [2.45, 2.75) is 39.7 Å². The average Bonchev–Trinajstić information content (AvgIpc) is 2.36. The molecular weight excluding hydrogens is 322 g/mol. The standard InChI is InChI=1S/C15H20BrNO3/c1-10(2)7-8-14(18)20-11(3)15(19)17-13-6-4-5-12(16)9-13/h4-6,9-11H,7-8H2,1-3H3,(H,17,19)/t11-/m1/s1. The second-order valence-electron chi connectivity index (χ2n) is 5.06. The molecule has 1 aromatic rings. The first-order valence-electron chi connectivity index (χ1n) is 6.64. The molecule has 0 saturated heterocycles. The van der Waals surface area contributed by atoms with Crippen LogP contribution in [0, 0.1) is 5.92 Å². The highest BCUT2D eigenvalue weighted by atomic mass is 79.9. The fourth-order valence-electron chi connectivity index (χ4n) is 1.53. The van der Waals surface area contributed by atoms with Crippen molar-refractivity contribution in [2.75, 3.05) is 5.32 Å². The molecule has 5 heteroatoms. The van der Waals surface area contributed by atoms with Crippen molar-refractivity contribution in [1.29, 1.82) is 0 Å². The molecule has 4 nitrogen and oxygen atoms in total. The number of esters is 1. The zero-order valence-electron chi connectivity index (χ0n) is 12.0. The monoisotopic (exact) mass is 341 g/mol. The summed E-state index contributed by atoms with van der Waals surface area (Å²) in [6, 6.07) is 7.24. The Morgan fingerprint density at radius 2 is 2.00 bits per heavy atom. The van der Waals surface area contributed by atoms with Crippen LogP contribution in [0.2, 0.25) is 0 Å². The topological polar surface area (TPSA) is 55.4 Å². The van der Waals surface area contributed by atoms with E-state index in [0.717, 1.165) is 10.9 Å². The molecule has 1 amide bonds. The number of rotatable bonds is 6. The van der Waals surface area contributed by atoms with Crippen LogP contribution in [0.25, 0.3) is 0 Å². The molecule has 0 unspecified atom stereocenters. The molecule has 1 rings (SSSR count). The van der Waals surface area contributed by atoms with Crippen LogP contribution >= 0.6 is 15.9 Å². The molecule has 20 heavy (non-hydrogen) atoms. The van der Waals surface area contributed by atoms with E-state index < -0.39 is 6.10 Å². The summed E-state index contributed by atoms with van der Waals surface area (Å²) < 4.78 is 5.97. The molecule has 1 atom stereocenters. The van der Waals surface area contributed by atoms with Crippen molar-refractivity contribution in [1.82, 2.24) is 0 Å². The molecular formula is C15H20BrNO3. The Hall–Kier alpha value is -1.36. The predicted octanol–water partition coefficient (Wildman–Crippen LogP) is 3.76. The maximum absolute atomic E-state index is 11.9. The third kappa shape index (κ3) is 6.19. The van der Waals surface area contributed by atoms with Gasteiger partial charge in [0.05, 0.1) is 0 Å². The van der Waals surface area contributed by atoms with E-state index in [1.54, 1.807) is 19.1 Å². The van der Waals surface area contributed by atoms with Crippen LogP contribution in [0.4, 0.5) is 5.69 Å². The number of anilines is 1. The van der Waals surface area contributed by atoms with E-state index in [9.17, 15) is 9.59 Å². The van der Waals surface area contributed by atoms with Crippen LogP contribution in [0.15, 0.2) is 28.7 Å². The molecule has 1 aromatic carbocycles. The van der Waals surface area contributed by atoms with Gasteiger partial charge in [0, 0.05) is 16.6 Å². The first-order chi connectivity index (χ1) is 9.38. The van der Waals surface area contributed by atoms with Crippen molar-refractivity contribution in [2.24, 2.45) is 5.92 Å². The van der Waals surface area contributed by atoms with Gasteiger partial charge in [-0.25, -0.2) is 0 Å². The summed E-state index contributed by atoms with van der Waals surface area (Å²) in [5.41, 5.74) is 0.662. The van der Waals surface area contributed by atoms with Gasteiger partial charge in [-0.15, -0.1) is 0 Å². The SMILES string of the molecule is CC(C)CCC(=O)O[C@H](C)C(=O)Nc1cccc(Br)c1. The zero-order valence-corrected chi connectivity index (χ0v) is 13.6. The van der Waals surface area contributed by atoms with Gasteiger partial charge in [-0.05, 0) is 37.5 Å². The summed E-state index contributed by atoms with van der Waals surface area (Å²) >= 11 is 3.33. The van der Waals surface area contributed by atoms with E-state index in [-0.39, 0.29) is 11.9 Å². The quantitative estimate of drug-likeness (QED) is 0.801. The number of amides is 1. The van der Waals surface area contributed by atoms with Gasteiger partial charge in [-0.1, -0.05) is 35.8 Å². The lowest BCUT2D eigenvalue weighted by Crippen LogP contribution is -2.30. The van der Waals surface area contributed by atoms with Crippen LogP contribution < -0.4 is 5.32 Å². The van der Waals surface area contributed by atoms with Gasteiger partial charge >= 0.3 is 5.97 Å². The molecule has 0 aliphatic rings. The summed E-state index contributed by atoms with van der Waals surface area (Å²) in [7, 11) is 0. The Morgan fingerprint density at radius 3 is 2.60 bits per heavy atom. The van der Waals surface area contributed by atoms with Gasteiger partial charge in [-0.2, -0.15) is 0 Å². The lowest BCUT2D eigenvalue weighted by Gasteiger charge is -2.14. The van der Waals surface area contributed by atoms with Crippen molar-refractivity contribution in [3.8, 4) is 0 Å². The minimum atomic E-state index is -0.798. The summed E-state index contributed by atoms with van der Waals surface area (Å²) in [5.74, 6) is -0.232. The van der Waals surface area contributed by atoms with Crippen LogP contribution in [0.1, 0.15) is 33.6 Å². The van der Waals surface area contributed by atoms with Gasteiger partial charge < -0.3 is 10.1 Å². The average molecular weight is 342 g/mol. The normalized spacial score (nSPS) is 12.1. The summed E-state index contributed by atoms with van der Waals surface area (Å²) in [6.45, 7) is 5.65. The van der Waals surface area contributed by atoms with Crippen LogP contribution in [0.3, 0.4) is 0 Å². The fourth-order valence-corrected chi connectivity index (χ4v) is 1.93. The van der Waals surface area contributed by atoms with E-state index >= 15 is 0 Å². The molecule has 0 saturated carbocycles. The number of carbonyl (C=O) groups excluding carboxylic acids is 2. The number of carbonyl (C=O) groups is 2. The molecule has 0 spiro atoms. The van der Waals surface area contributed by atoms with Gasteiger partial charge in [0.15, 0.2) is 6.10 Å². The van der Waals surface area contributed by atoms with E-state index in [1.807, 2.05) is 26.0 Å². The van der Waals surface area contributed by atoms with Crippen molar-refractivity contribution < 1.29 is 14.3 Å². The molecule has 0 heterocycles. The highest BCUT2D eigenvalue weighted by Crippen LogP contribution is 2.16. The van der Waals surface area contributed by atoms with Gasteiger partial charge in [-0.3, -0.25) is 9.59 Å². The fraction of sp³-hybridized carbons (Fsp3) is 0.467. The third-order valence-electron chi connectivity index (χ3n) is 2.70. The van der Waals surface area contributed by atoms with E-state index in [0.29, 0.717) is 18.0 Å². The number of hydrogen-bond donors (Lipinski definition) is 1. The first-order valence-corrected chi connectivity index (χ1v) is 7.43. The van der Waals surface area contributed by atoms with Crippen molar-refractivity contribution in [3.63, 3.8) is 0 Å². The number of nitrogens with one attached hydrogen (secondary N) is 1. The minimum absolute atomic E-state index is 0.332. The summed E-state index contributed by atoms with van der Waals surface area (Å²) in [5, 5.41) is 2.71. The molecule has 0 aliphatic heterocycles. The van der Waals surface area contributed by atoms with Crippen LogP contribution in [0.5, 0.6) is 0 Å². The number of benzene rings is 1. The Balaban J connectivity index is 2.45. The Bertz CT molecular complexity index is 474. The lowest BCUT2D eigenvalue weighted by molar-refractivity contribution is -0.153. The van der Waals surface area contributed by atoms with E-state index in [2.05, 4.69) is 21.2 Å². The predicted molar refractivity (Wildman–Crippen MR) is 82.4 cm³/mol. The zero-order chi connectivity index (χ0) is 15.1. The second-order valence-corrected chi connectivity index (χ2v) is 5.98. The Labute approximate surface area is 128 Å². The smallest absolute Gasteiger partial charge is 0.306 e. The van der Waals surface area contributed by atoms with E-state index in [4.69, 9.17) is 4.74 Å². The molecule has 0 fully saturated rings. The lowest BCUT2D eigenvalue weighted by atomic mass is 10.1. The number of halogens is 1. The molecule has 0 aromatic heterocycles. The molecule has 1 N–H and O–H groups in total.